The highest BCUT2D eigenvalue weighted by atomic mass is 16.4. The van der Waals surface area contributed by atoms with Crippen molar-refractivity contribution in [1.82, 2.24) is 16.0 Å². The monoisotopic (exact) mass is 400 g/mol. The fraction of sp³-hybridized carbons (Fsp3) is 0.789. The maximum absolute atomic E-state index is 12.7. The van der Waals surface area contributed by atoms with E-state index in [2.05, 4.69) is 16.0 Å². The summed E-state index contributed by atoms with van der Waals surface area (Å²) in [4.78, 5) is 48.6. The van der Waals surface area contributed by atoms with Crippen LogP contribution in [-0.2, 0) is 19.2 Å². The zero-order valence-electron chi connectivity index (χ0n) is 17.9. The van der Waals surface area contributed by atoms with Crippen LogP contribution in [-0.4, -0.2) is 53.0 Å². The topological polar surface area (TPSA) is 151 Å². The van der Waals surface area contributed by atoms with E-state index in [0.717, 1.165) is 0 Å². The number of aliphatic carboxylic acids is 1. The van der Waals surface area contributed by atoms with Crippen molar-refractivity contribution in [3.05, 3.63) is 0 Å². The van der Waals surface area contributed by atoms with Crippen LogP contribution in [0.25, 0.3) is 0 Å². The minimum absolute atomic E-state index is 0.0783. The van der Waals surface area contributed by atoms with Gasteiger partial charge in [-0.1, -0.05) is 41.5 Å². The van der Waals surface area contributed by atoms with E-state index in [1.807, 2.05) is 13.8 Å². The highest BCUT2D eigenvalue weighted by Crippen LogP contribution is 2.10. The number of hydrogen-bond donors (Lipinski definition) is 5. The van der Waals surface area contributed by atoms with Gasteiger partial charge in [0.05, 0.1) is 6.04 Å². The second-order valence-electron chi connectivity index (χ2n) is 8.28. The van der Waals surface area contributed by atoms with Gasteiger partial charge in [0.1, 0.15) is 18.1 Å². The van der Waals surface area contributed by atoms with Gasteiger partial charge in [0.15, 0.2) is 0 Å². The number of carboxylic acids is 1. The van der Waals surface area contributed by atoms with Crippen molar-refractivity contribution in [1.29, 1.82) is 0 Å². The van der Waals surface area contributed by atoms with Crippen LogP contribution >= 0.6 is 0 Å². The molecular formula is C19H36N4O5. The summed E-state index contributed by atoms with van der Waals surface area (Å²) in [5.74, 6) is -3.15. The van der Waals surface area contributed by atoms with Gasteiger partial charge in [0.25, 0.3) is 0 Å². The second kappa shape index (κ2) is 11.6. The molecule has 0 spiro atoms. The lowest BCUT2D eigenvalue weighted by atomic mass is 9.98. The third-order valence-corrected chi connectivity index (χ3v) is 4.23. The standard InChI is InChI=1S/C19H36N4O5/c1-9(2)8-13(17(25)23-15(11(5)6)19(27)28)21-18(26)14(10(3)4)22-16(24)12(7)20/h9-15H,8,20H2,1-7H3,(H,21,26)(H,22,24)(H,23,25)(H,27,28). The van der Waals surface area contributed by atoms with Crippen LogP contribution in [0.5, 0.6) is 0 Å². The first-order valence-corrected chi connectivity index (χ1v) is 9.67. The molecule has 0 radical (unpaired) electrons. The van der Waals surface area contributed by atoms with Crippen LogP contribution in [0.2, 0.25) is 0 Å². The first-order valence-electron chi connectivity index (χ1n) is 9.67. The van der Waals surface area contributed by atoms with E-state index in [1.54, 1.807) is 27.7 Å². The van der Waals surface area contributed by atoms with E-state index in [0.29, 0.717) is 6.42 Å². The van der Waals surface area contributed by atoms with E-state index < -0.39 is 47.9 Å². The minimum Gasteiger partial charge on any atom is -0.480 e. The number of rotatable bonds is 11. The highest BCUT2D eigenvalue weighted by Gasteiger charge is 2.32. The average Bonchev–Trinajstić information content (AvgIpc) is 2.54. The molecular weight excluding hydrogens is 364 g/mol. The number of carboxylic acid groups (broad SMARTS) is 1. The predicted octanol–water partition coefficient (Wildman–Crippen LogP) is 0.231. The molecule has 0 saturated heterocycles. The quantitative estimate of drug-likeness (QED) is 0.335. The Balaban J connectivity index is 5.38. The van der Waals surface area contributed by atoms with Crippen molar-refractivity contribution in [2.75, 3.05) is 0 Å². The highest BCUT2D eigenvalue weighted by molar-refractivity contribution is 5.94. The molecule has 0 aromatic heterocycles. The van der Waals surface area contributed by atoms with E-state index in [-0.39, 0.29) is 17.8 Å². The van der Waals surface area contributed by atoms with Gasteiger partial charge in [0.2, 0.25) is 17.7 Å². The number of hydrogen-bond acceptors (Lipinski definition) is 5. The lowest BCUT2D eigenvalue weighted by Crippen LogP contribution is -2.58. The zero-order chi connectivity index (χ0) is 22.2. The molecule has 0 aliphatic heterocycles. The summed E-state index contributed by atoms with van der Waals surface area (Å²) in [6.07, 6.45) is 0.327. The van der Waals surface area contributed by atoms with Crippen LogP contribution in [0.3, 0.4) is 0 Å². The zero-order valence-corrected chi connectivity index (χ0v) is 17.9. The SMILES string of the molecule is CC(C)CC(NC(=O)C(NC(=O)C(C)N)C(C)C)C(=O)NC(C(=O)O)C(C)C. The Morgan fingerprint density at radius 3 is 1.57 bits per heavy atom. The Bertz CT molecular complexity index is 561. The number of carbonyl (C=O) groups excluding carboxylic acids is 3. The molecule has 0 heterocycles. The number of nitrogens with one attached hydrogen (secondary N) is 3. The molecule has 3 amide bonds. The molecule has 6 N–H and O–H groups in total. The van der Waals surface area contributed by atoms with Crippen molar-refractivity contribution in [3.8, 4) is 0 Å². The van der Waals surface area contributed by atoms with Crippen molar-refractivity contribution >= 4 is 23.7 Å². The van der Waals surface area contributed by atoms with Gasteiger partial charge in [0, 0.05) is 0 Å². The average molecular weight is 401 g/mol. The van der Waals surface area contributed by atoms with Gasteiger partial charge in [-0.05, 0) is 31.1 Å². The summed E-state index contributed by atoms with van der Waals surface area (Å²) < 4.78 is 0. The molecule has 0 saturated carbocycles. The predicted molar refractivity (Wildman–Crippen MR) is 106 cm³/mol. The third-order valence-electron chi connectivity index (χ3n) is 4.23. The summed E-state index contributed by atoms with van der Waals surface area (Å²) in [5, 5.41) is 17.0. The lowest BCUT2D eigenvalue weighted by molar-refractivity contribution is -0.143. The summed E-state index contributed by atoms with van der Waals surface area (Å²) in [5.41, 5.74) is 5.55. The molecule has 9 heteroatoms. The molecule has 0 aromatic carbocycles. The number of carbonyl (C=O) groups is 4. The van der Waals surface area contributed by atoms with Crippen molar-refractivity contribution in [2.45, 2.75) is 79.1 Å². The number of amides is 3. The van der Waals surface area contributed by atoms with Crippen LogP contribution in [0.15, 0.2) is 0 Å². The molecule has 4 atom stereocenters. The molecule has 0 aromatic rings. The van der Waals surface area contributed by atoms with Gasteiger partial charge in [-0.2, -0.15) is 0 Å². The molecule has 0 aliphatic rings. The Kier molecular flexibility index (Phi) is 10.7. The summed E-state index contributed by atoms with van der Waals surface area (Å²) in [6.45, 7) is 12.2. The largest absolute Gasteiger partial charge is 0.480 e. The van der Waals surface area contributed by atoms with Crippen LogP contribution in [0.4, 0.5) is 0 Å². The molecule has 4 unspecified atom stereocenters. The first-order chi connectivity index (χ1) is 12.8. The van der Waals surface area contributed by atoms with Gasteiger partial charge >= 0.3 is 5.97 Å². The summed E-state index contributed by atoms with van der Waals surface area (Å²) >= 11 is 0. The Labute approximate surface area is 167 Å². The van der Waals surface area contributed by atoms with Gasteiger partial charge in [-0.25, -0.2) is 4.79 Å². The van der Waals surface area contributed by atoms with E-state index in [4.69, 9.17) is 5.73 Å². The Morgan fingerprint density at radius 1 is 0.750 bits per heavy atom. The first kappa shape index (κ1) is 25.8. The molecule has 0 bridgehead atoms. The number of nitrogens with two attached hydrogens (primary N) is 1. The van der Waals surface area contributed by atoms with E-state index >= 15 is 0 Å². The van der Waals surface area contributed by atoms with Crippen molar-refractivity contribution in [3.63, 3.8) is 0 Å². The van der Waals surface area contributed by atoms with Gasteiger partial charge in [-0.15, -0.1) is 0 Å². The van der Waals surface area contributed by atoms with Crippen LogP contribution in [0.1, 0.15) is 54.9 Å². The normalized spacial score (nSPS) is 15.7. The van der Waals surface area contributed by atoms with E-state index in [9.17, 15) is 24.3 Å². The molecule has 9 nitrogen and oxygen atoms in total. The molecule has 0 aliphatic carbocycles. The fourth-order valence-corrected chi connectivity index (χ4v) is 2.55. The Morgan fingerprint density at radius 2 is 1.21 bits per heavy atom. The van der Waals surface area contributed by atoms with Gasteiger partial charge < -0.3 is 26.8 Å². The summed E-state index contributed by atoms with van der Waals surface area (Å²) in [7, 11) is 0. The summed E-state index contributed by atoms with van der Waals surface area (Å²) in [6, 6.07) is -3.60. The Hall–Kier alpha value is -2.16. The maximum Gasteiger partial charge on any atom is 0.326 e. The molecule has 0 rings (SSSR count). The van der Waals surface area contributed by atoms with Gasteiger partial charge in [-0.3, -0.25) is 14.4 Å². The molecule has 28 heavy (non-hydrogen) atoms. The van der Waals surface area contributed by atoms with E-state index in [1.165, 1.54) is 6.92 Å². The fourth-order valence-electron chi connectivity index (χ4n) is 2.55. The smallest absolute Gasteiger partial charge is 0.326 e. The van der Waals surface area contributed by atoms with Crippen molar-refractivity contribution < 1.29 is 24.3 Å². The second-order valence-corrected chi connectivity index (χ2v) is 8.28. The van der Waals surface area contributed by atoms with Crippen molar-refractivity contribution in [2.24, 2.45) is 23.5 Å². The van der Waals surface area contributed by atoms with Crippen LogP contribution < -0.4 is 21.7 Å². The minimum atomic E-state index is -1.14. The lowest BCUT2D eigenvalue weighted by Gasteiger charge is -2.28. The molecule has 0 fully saturated rings. The maximum atomic E-state index is 12.7. The molecule has 162 valence electrons. The third kappa shape index (κ3) is 8.69. The van der Waals surface area contributed by atoms with Crippen LogP contribution in [0, 0.1) is 17.8 Å².